The molecule has 9 heteroatoms. The van der Waals surface area contributed by atoms with Gasteiger partial charge in [0.05, 0.1) is 11.9 Å². The first-order valence-electron chi connectivity index (χ1n) is 11.5. The Kier molecular flexibility index (Phi) is 9.06. The first-order valence-corrected chi connectivity index (χ1v) is 13.4. The lowest BCUT2D eigenvalue weighted by atomic mass is 9.87. The molecule has 0 aromatic heterocycles. The van der Waals surface area contributed by atoms with Gasteiger partial charge in [0, 0.05) is 18.2 Å². The van der Waals surface area contributed by atoms with E-state index in [9.17, 15) is 22.4 Å². The van der Waals surface area contributed by atoms with E-state index in [2.05, 4.69) is 5.32 Å². The van der Waals surface area contributed by atoms with Crippen molar-refractivity contribution in [3.8, 4) is 0 Å². The molecule has 2 aromatic carbocycles. The van der Waals surface area contributed by atoms with Crippen molar-refractivity contribution in [3.05, 3.63) is 65.5 Å². The first-order chi connectivity index (χ1) is 16.1. The maximum Gasteiger partial charge on any atom is 0.244 e. The molecule has 0 spiro atoms. The summed E-state index contributed by atoms with van der Waals surface area (Å²) in [6, 6.07) is 11.8. The van der Waals surface area contributed by atoms with E-state index in [1.807, 2.05) is 32.9 Å². The van der Waals surface area contributed by atoms with Crippen LogP contribution in [0.4, 0.5) is 10.1 Å². The van der Waals surface area contributed by atoms with E-state index in [-0.39, 0.29) is 23.6 Å². The molecule has 0 saturated heterocycles. The lowest BCUT2D eigenvalue weighted by Gasteiger charge is -2.32. The number of rotatable bonds is 9. The molecular formula is C26H36FN3O4S. The molecule has 1 N–H and O–H groups in total. The molecule has 0 aliphatic heterocycles. The zero-order valence-electron chi connectivity index (χ0n) is 21.5. The summed E-state index contributed by atoms with van der Waals surface area (Å²) in [5.41, 5.74) is 1.45. The quantitative estimate of drug-likeness (QED) is 0.561. The van der Waals surface area contributed by atoms with E-state index >= 15 is 0 Å². The maximum absolute atomic E-state index is 14.4. The molecule has 0 aliphatic rings. The topological polar surface area (TPSA) is 86.8 Å². The lowest BCUT2D eigenvalue weighted by Crippen LogP contribution is -2.52. The molecule has 1 atom stereocenters. The van der Waals surface area contributed by atoms with Crippen molar-refractivity contribution in [1.29, 1.82) is 0 Å². The molecule has 2 aromatic rings. The third-order valence-electron chi connectivity index (χ3n) is 5.60. The van der Waals surface area contributed by atoms with Crippen molar-refractivity contribution >= 4 is 27.5 Å². The van der Waals surface area contributed by atoms with Crippen LogP contribution in [0.1, 0.15) is 52.7 Å². The van der Waals surface area contributed by atoms with Crippen molar-refractivity contribution < 1.29 is 22.4 Å². The van der Waals surface area contributed by atoms with Crippen LogP contribution >= 0.6 is 0 Å². The predicted molar refractivity (Wildman–Crippen MR) is 137 cm³/mol. The SMILES string of the molecule is CC(C)NC(=O)[C@H](C)N(Cc1ccccc1F)C(=O)CN(c1ccc(C(C)(C)C)cc1)S(C)(=O)=O. The van der Waals surface area contributed by atoms with Crippen LogP contribution in [-0.4, -0.2) is 50.0 Å². The number of hydrogen-bond donors (Lipinski definition) is 1. The van der Waals surface area contributed by atoms with Crippen LogP contribution in [0.5, 0.6) is 0 Å². The highest BCUT2D eigenvalue weighted by atomic mass is 32.2. The Bertz CT molecular complexity index is 1140. The fraction of sp³-hybridized carbons (Fsp3) is 0.462. The molecule has 0 radical (unpaired) electrons. The van der Waals surface area contributed by atoms with Crippen LogP contribution in [0.25, 0.3) is 0 Å². The second kappa shape index (κ2) is 11.2. The monoisotopic (exact) mass is 505 g/mol. The summed E-state index contributed by atoms with van der Waals surface area (Å²) in [5.74, 6) is -1.55. The number of nitrogens with one attached hydrogen (secondary N) is 1. The number of amides is 2. The number of hydrogen-bond acceptors (Lipinski definition) is 4. The summed E-state index contributed by atoms with van der Waals surface area (Å²) in [7, 11) is -3.83. The number of carbonyl (C=O) groups is 2. The molecule has 2 amide bonds. The van der Waals surface area contributed by atoms with Gasteiger partial charge < -0.3 is 10.2 Å². The van der Waals surface area contributed by atoms with Crippen LogP contribution in [0.3, 0.4) is 0 Å². The van der Waals surface area contributed by atoms with Crippen LogP contribution in [0.2, 0.25) is 0 Å². The third kappa shape index (κ3) is 7.78. The fourth-order valence-corrected chi connectivity index (χ4v) is 4.39. The van der Waals surface area contributed by atoms with Crippen molar-refractivity contribution in [1.82, 2.24) is 10.2 Å². The van der Waals surface area contributed by atoms with Gasteiger partial charge in [-0.1, -0.05) is 51.1 Å². The molecule has 0 fully saturated rings. The highest BCUT2D eigenvalue weighted by Gasteiger charge is 2.31. The molecular weight excluding hydrogens is 469 g/mol. The summed E-state index contributed by atoms with van der Waals surface area (Å²) in [6.45, 7) is 10.6. The van der Waals surface area contributed by atoms with E-state index in [4.69, 9.17) is 0 Å². The summed E-state index contributed by atoms with van der Waals surface area (Å²) in [6.07, 6.45) is 1.02. The molecule has 0 aliphatic carbocycles. The van der Waals surface area contributed by atoms with Gasteiger partial charge in [0.1, 0.15) is 18.4 Å². The summed E-state index contributed by atoms with van der Waals surface area (Å²) in [5, 5.41) is 2.76. The third-order valence-corrected chi connectivity index (χ3v) is 6.74. The minimum absolute atomic E-state index is 0.125. The van der Waals surface area contributed by atoms with Gasteiger partial charge in [-0.25, -0.2) is 12.8 Å². The summed E-state index contributed by atoms with van der Waals surface area (Å²) < 4.78 is 40.7. The Hall–Kier alpha value is -2.94. The predicted octanol–water partition coefficient (Wildman–Crippen LogP) is 3.83. The highest BCUT2D eigenvalue weighted by molar-refractivity contribution is 7.92. The smallest absolute Gasteiger partial charge is 0.244 e. The molecule has 0 unspecified atom stereocenters. The van der Waals surface area contributed by atoms with Gasteiger partial charge in [-0.05, 0) is 49.9 Å². The number of halogens is 1. The van der Waals surface area contributed by atoms with Gasteiger partial charge in [0.2, 0.25) is 21.8 Å². The Balaban J connectivity index is 2.41. The average molecular weight is 506 g/mol. The van der Waals surface area contributed by atoms with Crippen LogP contribution < -0.4 is 9.62 Å². The number of benzene rings is 2. The van der Waals surface area contributed by atoms with E-state index < -0.39 is 40.2 Å². The molecule has 2 rings (SSSR count). The normalized spacial score (nSPS) is 12.8. The second-order valence-electron chi connectivity index (χ2n) is 10.0. The Labute approximate surface area is 208 Å². The molecule has 192 valence electrons. The molecule has 35 heavy (non-hydrogen) atoms. The van der Waals surface area contributed by atoms with Gasteiger partial charge in [-0.15, -0.1) is 0 Å². The minimum Gasteiger partial charge on any atom is -0.352 e. The maximum atomic E-state index is 14.4. The number of carbonyl (C=O) groups excluding carboxylic acids is 2. The van der Waals surface area contributed by atoms with E-state index in [1.165, 1.54) is 23.1 Å². The molecule has 7 nitrogen and oxygen atoms in total. The van der Waals surface area contributed by atoms with Crippen LogP contribution in [-0.2, 0) is 31.6 Å². The number of anilines is 1. The molecule has 0 bridgehead atoms. The number of nitrogens with zero attached hydrogens (tertiary/aromatic N) is 2. The average Bonchev–Trinajstić information content (AvgIpc) is 2.74. The van der Waals surface area contributed by atoms with E-state index in [0.717, 1.165) is 16.1 Å². The summed E-state index contributed by atoms with van der Waals surface area (Å²) in [4.78, 5) is 27.4. The minimum atomic E-state index is -3.83. The Morgan fingerprint density at radius 1 is 1.00 bits per heavy atom. The largest absolute Gasteiger partial charge is 0.352 e. The first kappa shape index (κ1) is 28.3. The van der Waals surface area contributed by atoms with Crippen LogP contribution in [0.15, 0.2) is 48.5 Å². The van der Waals surface area contributed by atoms with Crippen molar-refractivity contribution in [2.45, 2.75) is 65.6 Å². The highest BCUT2D eigenvalue weighted by Crippen LogP contribution is 2.26. The van der Waals surface area contributed by atoms with E-state index in [0.29, 0.717) is 5.69 Å². The number of sulfonamides is 1. The van der Waals surface area contributed by atoms with Crippen LogP contribution in [0, 0.1) is 5.82 Å². The second-order valence-corrected chi connectivity index (χ2v) is 11.9. The van der Waals surface area contributed by atoms with E-state index in [1.54, 1.807) is 39.0 Å². The molecule has 0 saturated carbocycles. The summed E-state index contributed by atoms with van der Waals surface area (Å²) >= 11 is 0. The van der Waals surface area contributed by atoms with Gasteiger partial charge >= 0.3 is 0 Å². The van der Waals surface area contributed by atoms with Crippen molar-refractivity contribution in [2.24, 2.45) is 0 Å². The lowest BCUT2D eigenvalue weighted by molar-refractivity contribution is -0.139. The van der Waals surface area contributed by atoms with Crippen molar-refractivity contribution in [2.75, 3.05) is 17.1 Å². The van der Waals surface area contributed by atoms with Crippen molar-refractivity contribution in [3.63, 3.8) is 0 Å². The Morgan fingerprint density at radius 2 is 1.57 bits per heavy atom. The Morgan fingerprint density at radius 3 is 2.06 bits per heavy atom. The van der Waals surface area contributed by atoms with Gasteiger partial charge in [-0.2, -0.15) is 0 Å². The van der Waals surface area contributed by atoms with Gasteiger partial charge in [0.15, 0.2) is 0 Å². The zero-order valence-corrected chi connectivity index (χ0v) is 22.3. The fourth-order valence-electron chi connectivity index (χ4n) is 3.54. The zero-order chi connectivity index (χ0) is 26.6. The van der Waals surface area contributed by atoms with Gasteiger partial charge in [0.25, 0.3) is 0 Å². The molecule has 0 heterocycles. The van der Waals surface area contributed by atoms with Gasteiger partial charge in [-0.3, -0.25) is 13.9 Å². The standard InChI is InChI=1S/C26H36FN3O4S/c1-18(2)28-25(32)19(3)29(16-20-10-8-9-11-23(20)27)24(31)17-30(35(7,33)34)22-14-12-21(13-15-22)26(4,5)6/h8-15,18-19H,16-17H2,1-7H3,(H,28,32)/t19-/m0/s1.